The number of anilines is 1. The van der Waals surface area contributed by atoms with Crippen molar-refractivity contribution in [2.75, 3.05) is 5.32 Å². The highest BCUT2D eigenvalue weighted by Crippen LogP contribution is 2.34. The molecule has 0 fully saturated rings. The number of aryl methyl sites for hydroxylation is 1. The molecule has 1 amide bonds. The van der Waals surface area contributed by atoms with Crippen LogP contribution < -0.4 is 5.32 Å². The molecular formula is C12H17NO2. The molecule has 0 aliphatic rings. The van der Waals surface area contributed by atoms with Gasteiger partial charge in [-0.1, -0.05) is 20.8 Å². The number of amides is 1. The largest absolute Gasteiger partial charge is 0.508 e. The van der Waals surface area contributed by atoms with Gasteiger partial charge in [-0.25, -0.2) is 0 Å². The molecule has 0 saturated heterocycles. The third kappa shape index (κ3) is 2.49. The number of carbonyl (C=O) groups is 1. The van der Waals surface area contributed by atoms with E-state index in [2.05, 4.69) is 5.32 Å². The summed E-state index contributed by atoms with van der Waals surface area (Å²) in [6.07, 6.45) is 0.645. The molecule has 0 saturated carbocycles. The highest BCUT2D eigenvalue weighted by Gasteiger charge is 2.19. The molecular weight excluding hydrogens is 190 g/mol. The second-order valence-corrected chi connectivity index (χ2v) is 4.70. The highest BCUT2D eigenvalue weighted by atomic mass is 16.3. The molecule has 0 atom stereocenters. The highest BCUT2D eigenvalue weighted by molar-refractivity contribution is 5.74. The first-order valence-corrected chi connectivity index (χ1v) is 4.90. The molecule has 0 spiro atoms. The van der Waals surface area contributed by atoms with Crippen LogP contribution in [0.2, 0.25) is 0 Å². The summed E-state index contributed by atoms with van der Waals surface area (Å²) in [4.78, 5) is 10.4. The number of rotatable bonds is 2. The zero-order chi connectivity index (χ0) is 11.6. The second-order valence-electron chi connectivity index (χ2n) is 4.70. The fourth-order valence-corrected chi connectivity index (χ4v) is 1.51. The van der Waals surface area contributed by atoms with Gasteiger partial charge in [-0.15, -0.1) is 0 Å². The lowest BCUT2D eigenvalue weighted by Gasteiger charge is -2.22. The Hall–Kier alpha value is -1.51. The van der Waals surface area contributed by atoms with Crippen molar-refractivity contribution >= 4 is 12.1 Å². The van der Waals surface area contributed by atoms with E-state index in [0.717, 1.165) is 16.8 Å². The molecule has 0 bridgehead atoms. The molecule has 3 nitrogen and oxygen atoms in total. The van der Waals surface area contributed by atoms with Crippen LogP contribution in [0.3, 0.4) is 0 Å². The van der Waals surface area contributed by atoms with Crippen molar-refractivity contribution in [3.05, 3.63) is 23.3 Å². The summed E-state index contributed by atoms with van der Waals surface area (Å²) in [6, 6.07) is 3.49. The molecule has 0 unspecified atom stereocenters. The molecule has 0 aliphatic heterocycles. The summed E-state index contributed by atoms with van der Waals surface area (Å²) in [7, 11) is 0. The minimum atomic E-state index is -0.142. The number of hydrogen-bond acceptors (Lipinski definition) is 2. The average molecular weight is 207 g/mol. The van der Waals surface area contributed by atoms with Crippen molar-refractivity contribution in [2.45, 2.75) is 33.1 Å². The molecule has 82 valence electrons. The van der Waals surface area contributed by atoms with E-state index in [4.69, 9.17) is 0 Å². The Kier molecular flexibility index (Phi) is 3.03. The lowest BCUT2D eigenvalue weighted by Crippen LogP contribution is -2.12. The maximum atomic E-state index is 10.4. The normalized spacial score (nSPS) is 11.2. The maximum Gasteiger partial charge on any atom is 0.211 e. The molecule has 1 aromatic carbocycles. The van der Waals surface area contributed by atoms with Crippen LogP contribution in [0.1, 0.15) is 31.9 Å². The lowest BCUT2D eigenvalue weighted by molar-refractivity contribution is -0.105. The third-order valence-corrected chi connectivity index (χ3v) is 2.37. The van der Waals surface area contributed by atoms with E-state index in [9.17, 15) is 9.90 Å². The van der Waals surface area contributed by atoms with E-state index < -0.39 is 0 Å². The van der Waals surface area contributed by atoms with Crippen molar-refractivity contribution < 1.29 is 9.90 Å². The zero-order valence-electron chi connectivity index (χ0n) is 9.59. The van der Waals surface area contributed by atoms with Crippen LogP contribution in [0.4, 0.5) is 5.69 Å². The van der Waals surface area contributed by atoms with Gasteiger partial charge in [-0.2, -0.15) is 0 Å². The van der Waals surface area contributed by atoms with Crippen LogP contribution in [0, 0.1) is 6.92 Å². The molecule has 0 aliphatic carbocycles. The summed E-state index contributed by atoms with van der Waals surface area (Å²) in [5.41, 5.74) is 2.29. The van der Waals surface area contributed by atoms with Gasteiger partial charge in [0.05, 0.1) is 0 Å². The minimum absolute atomic E-state index is 0.142. The fourth-order valence-electron chi connectivity index (χ4n) is 1.51. The van der Waals surface area contributed by atoms with Gasteiger partial charge in [0.2, 0.25) is 6.41 Å². The number of benzene rings is 1. The van der Waals surface area contributed by atoms with Crippen molar-refractivity contribution in [1.29, 1.82) is 0 Å². The van der Waals surface area contributed by atoms with E-state index in [-0.39, 0.29) is 11.2 Å². The SMILES string of the molecule is Cc1cc(O)c(C(C)(C)C)cc1NC=O. The molecule has 3 heteroatoms. The van der Waals surface area contributed by atoms with E-state index in [1.54, 1.807) is 6.07 Å². The molecule has 2 N–H and O–H groups in total. The van der Waals surface area contributed by atoms with Gasteiger partial charge in [0, 0.05) is 11.3 Å². The molecule has 1 rings (SSSR count). The first kappa shape index (κ1) is 11.6. The van der Waals surface area contributed by atoms with Crippen LogP contribution in [-0.2, 0) is 10.2 Å². The van der Waals surface area contributed by atoms with E-state index in [1.165, 1.54) is 0 Å². The summed E-state index contributed by atoms with van der Waals surface area (Å²) in [5.74, 6) is 0.274. The predicted octanol–water partition coefficient (Wildman–Crippen LogP) is 2.57. The first-order valence-electron chi connectivity index (χ1n) is 4.90. The van der Waals surface area contributed by atoms with Crippen molar-refractivity contribution in [1.82, 2.24) is 0 Å². The number of carbonyl (C=O) groups excluding carboxylic acids is 1. The lowest BCUT2D eigenvalue weighted by atomic mass is 9.85. The molecule has 0 aromatic heterocycles. The fraction of sp³-hybridized carbons (Fsp3) is 0.417. The molecule has 1 aromatic rings. The van der Waals surface area contributed by atoms with Crippen LogP contribution in [0.5, 0.6) is 5.75 Å². The standard InChI is InChI=1S/C12H17NO2/c1-8-5-11(15)9(12(2,3)4)6-10(8)13-7-14/h5-7,15H,1-4H3,(H,13,14). The number of phenolic OH excluding ortho intramolecular Hbond substituents is 1. The zero-order valence-corrected chi connectivity index (χ0v) is 9.59. The van der Waals surface area contributed by atoms with Gasteiger partial charge < -0.3 is 10.4 Å². The monoisotopic (exact) mass is 207 g/mol. The smallest absolute Gasteiger partial charge is 0.211 e. The molecule has 0 heterocycles. The van der Waals surface area contributed by atoms with Crippen LogP contribution in [0.25, 0.3) is 0 Å². The number of phenols is 1. The van der Waals surface area contributed by atoms with Gasteiger partial charge >= 0.3 is 0 Å². The Balaban J connectivity index is 3.29. The van der Waals surface area contributed by atoms with Gasteiger partial charge in [-0.05, 0) is 30.0 Å². The third-order valence-electron chi connectivity index (χ3n) is 2.37. The van der Waals surface area contributed by atoms with Gasteiger partial charge in [0.1, 0.15) is 5.75 Å². The van der Waals surface area contributed by atoms with Crippen LogP contribution in [-0.4, -0.2) is 11.5 Å². The van der Waals surface area contributed by atoms with E-state index in [1.807, 2.05) is 33.8 Å². The molecule has 15 heavy (non-hydrogen) atoms. The van der Waals surface area contributed by atoms with Crippen molar-refractivity contribution in [3.63, 3.8) is 0 Å². The Morgan fingerprint density at radius 1 is 1.33 bits per heavy atom. The Morgan fingerprint density at radius 3 is 2.40 bits per heavy atom. The van der Waals surface area contributed by atoms with Gasteiger partial charge in [0.25, 0.3) is 0 Å². The Morgan fingerprint density at radius 2 is 1.93 bits per heavy atom. The average Bonchev–Trinajstić information content (AvgIpc) is 2.07. The summed E-state index contributed by atoms with van der Waals surface area (Å²) in [5, 5.41) is 12.4. The second kappa shape index (κ2) is 3.93. The first-order chi connectivity index (χ1) is 6.86. The number of hydrogen-bond donors (Lipinski definition) is 2. The maximum absolute atomic E-state index is 10.4. The Bertz CT molecular complexity index is 378. The number of aromatic hydroxyl groups is 1. The van der Waals surface area contributed by atoms with Gasteiger partial charge in [-0.3, -0.25) is 4.79 Å². The summed E-state index contributed by atoms with van der Waals surface area (Å²) < 4.78 is 0. The Labute approximate surface area is 90.1 Å². The van der Waals surface area contributed by atoms with Crippen LogP contribution in [0.15, 0.2) is 12.1 Å². The minimum Gasteiger partial charge on any atom is -0.508 e. The van der Waals surface area contributed by atoms with Crippen molar-refractivity contribution in [2.24, 2.45) is 0 Å². The molecule has 0 radical (unpaired) electrons. The number of nitrogens with one attached hydrogen (secondary N) is 1. The van der Waals surface area contributed by atoms with E-state index in [0.29, 0.717) is 6.41 Å². The quantitative estimate of drug-likeness (QED) is 0.578. The van der Waals surface area contributed by atoms with Crippen LogP contribution >= 0.6 is 0 Å². The van der Waals surface area contributed by atoms with Gasteiger partial charge in [0.15, 0.2) is 0 Å². The predicted molar refractivity (Wildman–Crippen MR) is 61.2 cm³/mol. The van der Waals surface area contributed by atoms with Crippen molar-refractivity contribution in [3.8, 4) is 5.75 Å². The summed E-state index contributed by atoms with van der Waals surface area (Å²) in [6.45, 7) is 7.89. The summed E-state index contributed by atoms with van der Waals surface area (Å²) >= 11 is 0. The van der Waals surface area contributed by atoms with E-state index >= 15 is 0 Å². The topological polar surface area (TPSA) is 49.3 Å².